The Morgan fingerprint density at radius 2 is 2.00 bits per heavy atom. The van der Waals surface area contributed by atoms with Crippen LogP contribution in [0.1, 0.15) is 15.9 Å². The van der Waals surface area contributed by atoms with E-state index in [0.29, 0.717) is 26.7 Å². The van der Waals surface area contributed by atoms with Crippen molar-refractivity contribution >= 4 is 35.8 Å². The Bertz CT molecular complexity index is 645. The Morgan fingerprint density at radius 1 is 1.26 bits per heavy atom. The minimum absolute atomic E-state index is 0.331. The summed E-state index contributed by atoms with van der Waals surface area (Å²) < 4.78 is 13.0. The molecule has 0 aliphatic rings. The molecule has 2 aromatic carbocycles. The minimum atomic E-state index is -0.351. The summed E-state index contributed by atoms with van der Waals surface area (Å²) in [5.74, 6) is -0.693. The van der Waals surface area contributed by atoms with Crippen LogP contribution in [0, 0.1) is 12.7 Å². The third-order valence-corrected chi connectivity index (χ3v) is 3.24. The molecule has 0 unspecified atom stereocenters. The first-order valence-corrected chi connectivity index (χ1v) is 6.36. The van der Waals surface area contributed by atoms with Gasteiger partial charge in [0.2, 0.25) is 0 Å². The smallest absolute Gasteiger partial charge is 0.257 e. The molecule has 0 saturated carbocycles. The van der Waals surface area contributed by atoms with Gasteiger partial charge in [-0.25, -0.2) is 4.39 Å². The summed E-state index contributed by atoms with van der Waals surface area (Å²) in [6.07, 6.45) is 0. The largest absolute Gasteiger partial charge is 0.322 e. The fraction of sp³-hybridized carbons (Fsp3) is 0.0714. The van der Waals surface area contributed by atoms with Crippen LogP contribution in [-0.4, -0.2) is 5.91 Å². The van der Waals surface area contributed by atoms with Gasteiger partial charge in [-0.05, 0) is 48.9 Å². The standard InChI is InChI=1S/C14H11ClFNOS/c1-8-6-9(16)2-5-13(8)17-14(18)11-7-10(19)3-4-12(11)15/h2-7,19H,1H3,(H,17,18). The van der Waals surface area contributed by atoms with Crippen LogP contribution in [0.15, 0.2) is 41.3 Å². The van der Waals surface area contributed by atoms with E-state index in [1.54, 1.807) is 25.1 Å². The van der Waals surface area contributed by atoms with Gasteiger partial charge in [-0.3, -0.25) is 4.79 Å². The maximum absolute atomic E-state index is 13.0. The number of carbonyl (C=O) groups is 1. The lowest BCUT2D eigenvalue weighted by molar-refractivity contribution is 0.102. The summed E-state index contributed by atoms with van der Waals surface area (Å²) in [5, 5.41) is 3.04. The van der Waals surface area contributed by atoms with E-state index in [-0.39, 0.29) is 11.7 Å². The second-order valence-corrected chi connectivity index (χ2v) is 5.00. The molecule has 1 amide bonds. The average molecular weight is 296 g/mol. The molecule has 5 heteroatoms. The molecule has 0 spiro atoms. The van der Waals surface area contributed by atoms with E-state index >= 15 is 0 Å². The van der Waals surface area contributed by atoms with E-state index < -0.39 is 0 Å². The SMILES string of the molecule is Cc1cc(F)ccc1NC(=O)c1cc(S)ccc1Cl. The molecule has 2 nitrogen and oxygen atoms in total. The zero-order chi connectivity index (χ0) is 14.0. The molecule has 2 rings (SSSR count). The van der Waals surface area contributed by atoms with Crippen LogP contribution in [0.3, 0.4) is 0 Å². The van der Waals surface area contributed by atoms with Crippen molar-refractivity contribution in [2.45, 2.75) is 11.8 Å². The van der Waals surface area contributed by atoms with E-state index in [1.807, 2.05) is 0 Å². The monoisotopic (exact) mass is 295 g/mol. The van der Waals surface area contributed by atoms with Gasteiger partial charge in [0.1, 0.15) is 5.82 Å². The molecule has 1 N–H and O–H groups in total. The summed E-state index contributed by atoms with van der Waals surface area (Å²) >= 11 is 10.1. The van der Waals surface area contributed by atoms with Crippen LogP contribution in [0.5, 0.6) is 0 Å². The van der Waals surface area contributed by atoms with Gasteiger partial charge >= 0.3 is 0 Å². The predicted molar refractivity (Wildman–Crippen MR) is 77.8 cm³/mol. The number of hydrogen-bond acceptors (Lipinski definition) is 2. The normalized spacial score (nSPS) is 10.3. The Kier molecular flexibility index (Phi) is 4.12. The molecule has 0 fully saturated rings. The van der Waals surface area contributed by atoms with Crippen molar-refractivity contribution < 1.29 is 9.18 Å². The van der Waals surface area contributed by atoms with Gasteiger partial charge in [-0.1, -0.05) is 11.6 Å². The van der Waals surface area contributed by atoms with Crippen molar-refractivity contribution in [3.63, 3.8) is 0 Å². The van der Waals surface area contributed by atoms with E-state index in [2.05, 4.69) is 17.9 Å². The Labute approximate surface area is 121 Å². The van der Waals surface area contributed by atoms with Gasteiger partial charge < -0.3 is 5.32 Å². The quantitative estimate of drug-likeness (QED) is 0.793. The summed E-state index contributed by atoms with van der Waals surface area (Å²) in [7, 11) is 0. The zero-order valence-corrected chi connectivity index (χ0v) is 11.7. The molecule has 2 aromatic rings. The second kappa shape index (κ2) is 5.63. The number of nitrogens with one attached hydrogen (secondary N) is 1. The topological polar surface area (TPSA) is 29.1 Å². The molecule has 0 aliphatic carbocycles. The molecule has 0 bridgehead atoms. The summed E-state index contributed by atoms with van der Waals surface area (Å²) in [5.41, 5.74) is 1.52. The highest BCUT2D eigenvalue weighted by Gasteiger charge is 2.12. The maximum Gasteiger partial charge on any atom is 0.257 e. The van der Waals surface area contributed by atoms with Crippen LogP contribution >= 0.6 is 24.2 Å². The van der Waals surface area contributed by atoms with Crippen molar-refractivity contribution in [1.82, 2.24) is 0 Å². The number of thiol groups is 1. The molecule has 0 saturated heterocycles. The second-order valence-electron chi connectivity index (χ2n) is 4.08. The summed E-state index contributed by atoms with van der Waals surface area (Å²) in [6.45, 7) is 1.72. The number of aryl methyl sites for hydroxylation is 1. The molecule has 98 valence electrons. The lowest BCUT2D eigenvalue weighted by atomic mass is 10.1. The van der Waals surface area contributed by atoms with E-state index in [0.717, 1.165) is 0 Å². The minimum Gasteiger partial charge on any atom is -0.322 e. The van der Waals surface area contributed by atoms with Gasteiger partial charge in [-0.2, -0.15) is 0 Å². The Hall–Kier alpha value is -1.52. The molecule has 19 heavy (non-hydrogen) atoms. The number of benzene rings is 2. The highest BCUT2D eigenvalue weighted by molar-refractivity contribution is 7.80. The van der Waals surface area contributed by atoms with E-state index in [1.165, 1.54) is 18.2 Å². The van der Waals surface area contributed by atoms with Gasteiger partial charge in [0.25, 0.3) is 5.91 Å². The van der Waals surface area contributed by atoms with Gasteiger partial charge in [0.15, 0.2) is 0 Å². The van der Waals surface area contributed by atoms with Gasteiger partial charge in [0, 0.05) is 10.6 Å². The number of anilines is 1. The number of rotatable bonds is 2. The van der Waals surface area contributed by atoms with Crippen LogP contribution in [0.4, 0.5) is 10.1 Å². The molecule has 0 heterocycles. The fourth-order valence-corrected chi connectivity index (χ4v) is 2.05. The van der Waals surface area contributed by atoms with Crippen molar-refractivity contribution in [2.75, 3.05) is 5.32 Å². The van der Waals surface area contributed by atoms with Crippen molar-refractivity contribution in [1.29, 1.82) is 0 Å². The average Bonchev–Trinajstić information content (AvgIpc) is 2.35. The van der Waals surface area contributed by atoms with Crippen LogP contribution in [-0.2, 0) is 0 Å². The van der Waals surface area contributed by atoms with Gasteiger partial charge in [-0.15, -0.1) is 12.6 Å². The zero-order valence-electron chi connectivity index (χ0n) is 10.1. The first kappa shape index (κ1) is 13.9. The fourth-order valence-electron chi connectivity index (χ4n) is 1.64. The van der Waals surface area contributed by atoms with Gasteiger partial charge in [0.05, 0.1) is 10.6 Å². The Morgan fingerprint density at radius 3 is 2.68 bits per heavy atom. The van der Waals surface area contributed by atoms with Crippen molar-refractivity contribution in [3.8, 4) is 0 Å². The molecule has 0 radical (unpaired) electrons. The molecule has 0 aromatic heterocycles. The van der Waals surface area contributed by atoms with Crippen LogP contribution < -0.4 is 5.32 Å². The number of amides is 1. The molecular weight excluding hydrogens is 285 g/mol. The number of hydrogen-bond donors (Lipinski definition) is 2. The first-order chi connectivity index (χ1) is 8.97. The van der Waals surface area contributed by atoms with Crippen molar-refractivity contribution in [3.05, 3.63) is 58.4 Å². The predicted octanol–water partition coefficient (Wildman–Crippen LogP) is 4.33. The third-order valence-electron chi connectivity index (χ3n) is 2.63. The highest BCUT2D eigenvalue weighted by atomic mass is 35.5. The summed E-state index contributed by atoms with van der Waals surface area (Å²) in [4.78, 5) is 12.7. The number of carbonyl (C=O) groups excluding carboxylic acids is 1. The molecule has 0 atom stereocenters. The highest BCUT2D eigenvalue weighted by Crippen LogP contribution is 2.22. The Balaban J connectivity index is 2.28. The third kappa shape index (κ3) is 3.28. The number of halogens is 2. The lowest BCUT2D eigenvalue weighted by Crippen LogP contribution is -2.13. The van der Waals surface area contributed by atoms with Crippen LogP contribution in [0.25, 0.3) is 0 Å². The van der Waals surface area contributed by atoms with Crippen molar-refractivity contribution in [2.24, 2.45) is 0 Å². The van der Waals surface area contributed by atoms with Crippen LogP contribution in [0.2, 0.25) is 5.02 Å². The van der Waals surface area contributed by atoms with E-state index in [4.69, 9.17) is 11.6 Å². The maximum atomic E-state index is 13.0. The lowest BCUT2D eigenvalue weighted by Gasteiger charge is -2.09. The van der Waals surface area contributed by atoms with E-state index in [9.17, 15) is 9.18 Å². The molecular formula is C14H11ClFNOS. The molecule has 0 aliphatic heterocycles. The first-order valence-electron chi connectivity index (χ1n) is 5.53. The summed E-state index contributed by atoms with van der Waals surface area (Å²) in [6, 6.07) is 9.05.